The number of aromatic nitrogens is 1. The molecule has 1 aromatic carbocycles. The zero-order valence-electron chi connectivity index (χ0n) is 13.5. The van der Waals surface area contributed by atoms with E-state index in [9.17, 15) is 9.18 Å². The fourth-order valence-electron chi connectivity index (χ4n) is 3.09. The minimum Gasteiger partial charge on any atom is -0.343 e. The van der Waals surface area contributed by atoms with Gasteiger partial charge in [-0.15, -0.1) is 11.3 Å². The Hall–Kier alpha value is -1.79. The maximum atomic E-state index is 13.8. The van der Waals surface area contributed by atoms with Crippen LogP contribution in [0, 0.1) is 19.7 Å². The van der Waals surface area contributed by atoms with Crippen LogP contribution >= 0.6 is 11.3 Å². The third-order valence-electron chi connectivity index (χ3n) is 4.22. The van der Waals surface area contributed by atoms with Gasteiger partial charge in [0.15, 0.2) is 0 Å². The van der Waals surface area contributed by atoms with E-state index in [4.69, 9.17) is 4.98 Å². The molecule has 1 atom stereocenters. The van der Waals surface area contributed by atoms with E-state index in [0.717, 1.165) is 29.2 Å². The third kappa shape index (κ3) is 3.01. The number of thiazole rings is 1. The van der Waals surface area contributed by atoms with E-state index < -0.39 is 5.54 Å². The van der Waals surface area contributed by atoms with Crippen LogP contribution in [0.4, 0.5) is 4.39 Å². The Kier molecular flexibility index (Phi) is 4.21. The van der Waals surface area contributed by atoms with Crippen LogP contribution in [0.5, 0.6) is 0 Å². The largest absolute Gasteiger partial charge is 0.343 e. The van der Waals surface area contributed by atoms with Crippen LogP contribution in [0.2, 0.25) is 0 Å². The van der Waals surface area contributed by atoms with Gasteiger partial charge >= 0.3 is 0 Å². The molecule has 3 rings (SSSR count). The molecule has 0 bridgehead atoms. The Morgan fingerprint density at radius 3 is 2.65 bits per heavy atom. The van der Waals surface area contributed by atoms with Crippen molar-refractivity contribution in [3.05, 3.63) is 39.5 Å². The van der Waals surface area contributed by atoms with Crippen molar-refractivity contribution in [3.8, 4) is 11.3 Å². The smallest absolute Gasteiger partial charge is 0.217 e. The van der Waals surface area contributed by atoms with E-state index in [1.165, 1.54) is 18.3 Å². The molecular formula is C17H20FN3OS. The quantitative estimate of drug-likeness (QED) is 0.908. The Labute approximate surface area is 139 Å². The van der Waals surface area contributed by atoms with Crippen molar-refractivity contribution >= 4 is 17.2 Å². The van der Waals surface area contributed by atoms with E-state index in [1.54, 1.807) is 13.8 Å². The van der Waals surface area contributed by atoms with Gasteiger partial charge < -0.3 is 10.6 Å². The second-order valence-electron chi connectivity index (χ2n) is 6.15. The second kappa shape index (κ2) is 6.02. The maximum absolute atomic E-state index is 13.8. The summed E-state index contributed by atoms with van der Waals surface area (Å²) >= 11 is 1.54. The minimum absolute atomic E-state index is 0.0566. The fourth-order valence-corrected chi connectivity index (χ4v) is 4.11. The van der Waals surface area contributed by atoms with E-state index in [-0.39, 0.29) is 11.7 Å². The van der Waals surface area contributed by atoms with E-state index in [0.29, 0.717) is 17.7 Å². The van der Waals surface area contributed by atoms with E-state index in [1.807, 2.05) is 17.5 Å². The van der Waals surface area contributed by atoms with Gasteiger partial charge in [0.2, 0.25) is 5.91 Å². The van der Waals surface area contributed by atoms with Gasteiger partial charge in [-0.05, 0) is 50.1 Å². The number of carbonyl (C=O) groups excluding carboxylic acids is 1. The number of amides is 1. The standard InChI is InChI=1S/C17H20FN3OS/c1-10-6-13(7-11(2)15(10)18)14-8-23-16(20-14)17(21-12(3)22)4-5-19-9-17/h6-8,19H,4-5,9H2,1-3H3,(H,21,22). The highest BCUT2D eigenvalue weighted by molar-refractivity contribution is 7.10. The third-order valence-corrected chi connectivity index (χ3v) is 5.26. The number of nitrogens with one attached hydrogen (secondary N) is 2. The summed E-state index contributed by atoms with van der Waals surface area (Å²) in [7, 11) is 0. The molecule has 1 aliphatic rings. The average Bonchev–Trinajstić information content (AvgIpc) is 3.13. The van der Waals surface area contributed by atoms with Gasteiger partial charge in [-0.1, -0.05) is 0 Å². The molecule has 1 aromatic heterocycles. The molecule has 0 aliphatic carbocycles. The number of benzene rings is 1. The van der Waals surface area contributed by atoms with Gasteiger partial charge in [0.05, 0.1) is 5.69 Å². The Balaban J connectivity index is 1.98. The van der Waals surface area contributed by atoms with Crippen molar-refractivity contribution in [1.29, 1.82) is 0 Å². The molecule has 6 heteroatoms. The lowest BCUT2D eigenvalue weighted by Crippen LogP contribution is -2.46. The van der Waals surface area contributed by atoms with Gasteiger partial charge in [-0.2, -0.15) is 0 Å². The highest BCUT2D eigenvalue weighted by atomic mass is 32.1. The zero-order valence-corrected chi connectivity index (χ0v) is 14.3. The molecule has 2 aromatic rings. The molecule has 0 spiro atoms. The molecule has 23 heavy (non-hydrogen) atoms. The second-order valence-corrected chi connectivity index (χ2v) is 7.01. The number of halogens is 1. The van der Waals surface area contributed by atoms with Gasteiger partial charge in [-0.3, -0.25) is 4.79 Å². The lowest BCUT2D eigenvalue weighted by atomic mass is 9.99. The van der Waals surface area contributed by atoms with Crippen LogP contribution in [0.25, 0.3) is 11.3 Å². The van der Waals surface area contributed by atoms with Crippen molar-refractivity contribution < 1.29 is 9.18 Å². The molecule has 1 unspecified atom stereocenters. The summed E-state index contributed by atoms with van der Waals surface area (Å²) in [5.41, 5.74) is 2.54. The van der Waals surface area contributed by atoms with Crippen molar-refractivity contribution in [2.75, 3.05) is 13.1 Å². The van der Waals surface area contributed by atoms with Crippen molar-refractivity contribution in [3.63, 3.8) is 0 Å². The molecule has 4 nitrogen and oxygen atoms in total. The molecule has 0 saturated carbocycles. The molecule has 1 fully saturated rings. The summed E-state index contributed by atoms with van der Waals surface area (Å²) in [6.45, 7) is 6.59. The zero-order chi connectivity index (χ0) is 16.6. The van der Waals surface area contributed by atoms with E-state index in [2.05, 4.69) is 10.6 Å². The fraction of sp³-hybridized carbons (Fsp3) is 0.412. The van der Waals surface area contributed by atoms with Crippen molar-refractivity contribution in [2.24, 2.45) is 0 Å². The minimum atomic E-state index is -0.432. The molecule has 2 N–H and O–H groups in total. The first-order valence-electron chi connectivity index (χ1n) is 7.64. The van der Waals surface area contributed by atoms with Crippen LogP contribution in [0.3, 0.4) is 0 Å². The normalized spacial score (nSPS) is 20.7. The van der Waals surface area contributed by atoms with Gasteiger partial charge in [-0.25, -0.2) is 9.37 Å². The maximum Gasteiger partial charge on any atom is 0.217 e. The summed E-state index contributed by atoms with van der Waals surface area (Å²) in [4.78, 5) is 16.3. The SMILES string of the molecule is CC(=O)NC1(c2nc(-c3cc(C)c(F)c(C)c3)cs2)CCNC1. The molecule has 1 aliphatic heterocycles. The number of carbonyl (C=O) groups is 1. The van der Waals surface area contributed by atoms with Crippen LogP contribution in [-0.4, -0.2) is 24.0 Å². The number of hydrogen-bond donors (Lipinski definition) is 2. The summed E-state index contributed by atoms with van der Waals surface area (Å²) in [6, 6.07) is 3.64. The lowest BCUT2D eigenvalue weighted by molar-refractivity contribution is -0.120. The van der Waals surface area contributed by atoms with Gasteiger partial charge in [0.25, 0.3) is 0 Å². The van der Waals surface area contributed by atoms with E-state index >= 15 is 0 Å². The number of rotatable bonds is 3. The summed E-state index contributed by atoms with van der Waals surface area (Å²) in [5, 5.41) is 9.22. The van der Waals surface area contributed by atoms with Gasteiger partial charge in [0.1, 0.15) is 16.4 Å². The average molecular weight is 333 g/mol. The first kappa shape index (κ1) is 16.1. The topological polar surface area (TPSA) is 54.0 Å². The first-order chi connectivity index (χ1) is 10.9. The summed E-state index contributed by atoms with van der Waals surface area (Å²) in [6.07, 6.45) is 0.820. The molecule has 1 amide bonds. The summed E-state index contributed by atoms with van der Waals surface area (Å²) < 4.78 is 13.8. The Bertz CT molecular complexity index is 727. The van der Waals surface area contributed by atoms with Crippen LogP contribution in [0.1, 0.15) is 29.5 Å². The Morgan fingerprint density at radius 2 is 2.09 bits per heavy atom. The Morgan fingerprint density at radius 1 is 1.39 bits per heavy atom. The highest BCUT2D eigenvalue weighted by Crippen LogP contribution is 2.34. The number of aryl methyl sites for hydroxylation is 2. The molecule has 122 valence electrons. The number of nitrogens with zero attached hydrogens (tertiary/aromatic N) is 1. The molecule has 2 heterocycles. The lowest BCUT2D eigenvalue weighted by Gasteiger charge is -2.26. The number of hydrogen-bond acceptors (Lipinski definition) is 4. The van der Waals surface area contributed by atoms with Crippen LogP contribution < -0.4 is 10.6 Å². The highest BCUT2D eigenvalue weighted by Gasteiger charge is 2.39. The predicted molar refractivity (Wildman–Crippen MR) is 90.0 cm³/mol. The van der Waals surface area contributed by atoms with Crippen molar-refractivity contribution in [1.82, 2.24) is 15.6 Å². The molecule has 0 radical (unpaired) electrons. The first-order valence-corrected chi connectivity index (χ1v) is 8.52. The monoisotopic (exact) mass is 333 g/mol. The molecular weight excluding hydrogens is 313 g/mol. The van der Waals surface area contributed by atoms with Gasteiger partial charge in [0, 0.05) is 24.4 Å². The van der Waals surface area contributed by atoms with Crippen molar-refractivity contribution in [2.45, 2.75) is 32.7 Å². The van der Waals surface area contributed by atoms with Crippen LogP contribution in [-0.2, 0) is 10.3 Å². The molecule has 1 saturated heterocycles. The summed E-state index contributed by atoms with van der Waals surface area (Å²) in [5.74, 6) is -0.224. The predicted octanol–water partition coefficient (Wildman–Crippen LogP) is 2.89. The van der Waals surface area contributed by atoms with Crippen LogP contribution in [0.15, 0.2) is 17.5 Å².